The van der Waals surface area contributed by atoms with Crippen molar-refractivity contribution < 1.29 is 4.39 Å². The molecule has 0 saturated heterocycles. The van der Waals surface area contributed by atoms with Crippen molar-refractivity contribution >= 4 is 11.9 Å². The number of nitrogen functional groups attached to an aromatic ring is 1. The third kappa shape index (κ3) is 1.61. The van der Waals surface area contributed by atoms with E-state index in [2.05, 4.69) is 15.4 Å². The molecule has 15 heavy (non-hydrogen) atoms. The number of nitrogens with one attached hydrogen (secondary N) is 1. The number of halogens is 1. The fourth-order valence-corrected chi connectivity index (χ4v) is 1.23. The molecule has 0 aliphatic rings. The van der Waals surface area contributed by atoms with Crippen LogP contribution in [0.5, 0.6) is 0 Å². The molecule has 0 aliphatic carbocycles. The molecule has 78 valence electrons. The van der Waals surface area contributed by atoms with E-state index in [1.807, 2.05) is 0 Å². The highest BCUT2D eigenvalue weighted by Gasteiger charge is 2.10. The number of benzene rings is 1. The second-order valence-electron chi connectivity index (χ2n) is 2.91. The molecule has 1 aromatic heterocycles. The zero-order valence-corrected chi connectivity index (χ0v) is 8.11. The van der Waals surface area contributed by atoms with Gasteiger partial charge in [0, 0.05) is 7.05 Å². The second kappa shape index (κ2) is 3.56. The Morgan fingerprint density at radius 2 is 2.13 bits per heavy atom. The highest BCUT2D eigenvalue weighted by molar-refractivity contribution is 5.42. The molecule has 0 bridgehead atoms. The topological polar surface area (TPSA) is 68.8 Å². The second-order valence-corrected chi connectivity index (χ2v) is 2.91. The molecular formula is C9H10FN5. The van der Waals surface area contributed by atoms with Crippen molar-refractivity contribution in [1.29, 1.82) is 0 Å². The lowest BCUT2D eigenvalue weighted by Crippen LogP contribution is -2.04. The molecule has 0 spiro atoms. The Bertz CT molecular complexity index is 479. The van der Waals surface area contributed by atoms with Crippen LogP contribution >= 0.6 is 0 Å². The van der Waals surface area contributed by atoms with Gasteiger partial charge in [-0.3, -0.25) is 0 Å². The molecule has 2 rings (SSSR count). The lowest BCUT2D eigenvalue weighted by atomic mass is 10.3. The van der Waals surface area contributed by atoms with E-state index in [4.69, 9.17) is 5.73 Å². The number of para-hydroxylation sites is 1. The molecule has 5 nitrogen and oxygen atoms in total. The van der Waals surface area contributed by atoms with Gasteiger partial charge in [0.15, 0.2) is 0 Å². The maximum atomic E-state index is 13.4. The fourth-order valence-electron chi connectivity index (χ4n) is 1.23. The number of nitrogens with zero attached hydrogens (tertiary/aromatic N) is 3. The summed E-state index contributed by atoms with van der Waals surface area (Å²) in [6.07, 6.45) is 0. The van der Waals surface area contributed by atoms with E-state index in [1.165, 1.54) is 10.7 Å². The molecule has 0 unspecified atom stereocenters. The van der Waals surface area contributed by atoms with Crippen LogP contribution in [0.25, 0.3) is 5.69 Å². The minimum atomic E-state index is -0.392. The zero-order chi connectivity index (χ0) is 10.8. The Kier molecular flexibility index (Phi) is 2.24. The van der Waals surface area contributed by atoms with Gasteiger partial charge in [-0.05, 0) is 12.1 Å². The van der Waals surface area contributed by atoms with Gasteiger partial charge in [0.25, 0.3) is 0 Å². The molecule has 1 heterocycles. The normalized spacial score (nSPS) is 10.3. The Labute approximate surface area is 85.7 Å². The molecule has 0 aliphatic heterocycles. The molecule has 0 amide bonds. The Morgan fingerprint density at radius 1 is 1.40 bits per heavy atom. The zero-order valence-electron chi connectivity index (χ0n) is 8.11. The minimum absolute atomic E-state index is 0.143. The van der Waals surface area contributed by atoms with E-state index in [9.17, 15) is 4.39 Å². The van der Waals surface area contributed by atoms with Gasteiger partial charge in [-0.25, -0.2) is 4.39 Å². The Hall–Kier alpha value is -2.11. The van der Waals surface area contributed by atoms with Gasteiger partial charge in [-0.2, -0.15) is 9.67 Å². The highest BCUT2D eigenvalue weighted by Crippen LogP contribution is 2.16. The van der Waals surface area contributed by atoms with Gasteiger partial charge in [0.1, 0.15) is 11.5 Å². The summed E-state index contributed by atoms with van der Waals surface area (Å²) in [5.74, 6) is 0.108. The number of aromatic nitrogens is 3. The number of anilines is 2. The summed E-state index contributed by atoms with van der Waals surface area (Å²) in [4.78, 5) is 3.90. The van der Waals surface area contributed by atoms with Crippen molar-refractivity contribution in [3.63, 3.8) is 0 Å². The summed E-state index contributed by atoms with van der Waals surface area (Å²) in [5, 5.41) is 6.72. The SMILES string of the molecule is CNc1nc(N)n(-c2ccccc2F)n1. The fraction of sp³-hybridized carbons (Fsp3) is 0.111. The Balaban J connectivity index is 2.54. The molecule has 3 N–H and O–H groups in total. The van der Waals surface area contributed by atoms with Crippen LogP contribution in [0.1, 0.15) is 0 Å². The maximum absolute atomic E-state index is 13.4. The maximum Gasteiger partial charge on any atom is 0.244 e. The number of hydrogen-bond acceptors (Lipinski definition) is 4. The van der Waals surface area contributed by atoms with Crippen LogP contribution in [0.4, 0.5) is 16.3 Å². The van der Waals surface area contributed by atoms with Crippen LogP contribution in [0.3, 0.4) is 0 Å². The van der Waals surface area contributed by atoms with Gasteiger partial charge < -0.3 is 11.1 Å². The molecule has 6 heteroatoms. The van der Waals surface area contributed by atoms with Crippen molar-refractivity contribution in [3.05, 3.63) is 30.1 Å². The first-order valence-corrected chi connectivity index (χ1v) is 4.37. The van der Waals surface area contributed by atoms with E-state index in [-0.39, 0.29) is 11.6 Å². The van der Waals surface area contributed by atoms with Gasteiger partial charge in [0.2, 0.25) is 11.9 Å². The van der Waals surface area contributed by atoms with Gasteiger partial charge in [0.05, 0.1) is 0 Å². The third-order valence-corrected chi connectivity index (χ3v) is 1.94. The summed E-state index contributed by atoms with van der Waals surface area (Å²) in [7, 11) is 1.67. The smallest absolute Gasteiger partial charge is 0.244 e. The average Bonchev–Trinajstić information content (AvgIpc) is 2.60. The van der Waals surface area contributed by atoms with E-state index in [0.29, 0.717) is 5.95 Å². The molecule has 1 aromatic carbocycles. The standard InChI is InChI=1S/C9H10FN5/c1-12-9-13-8(11)15(14-9)7-5-3-2-4-6(7)10/h2-5H,1H3,(H3,11,12,13,14). The minimum Gasteiger partial charge on any atom is -0.368 e. The molecule has 0 atom stereocenters. The van der Waals surface area contributed by atoms with Crippen LogP contribution in [-0.4, -0.2) is 21.8 Å². The number of hydrogen-bond donors (Lipinski definition) is 2. The van der Waals surface area contributed by atoms with Crippen LogP contribution in [0, 0.1) is 5.82 Å². The summed E-state index contributed by atoms with van der Waals surface area (Å²) in [6.45, 7) is 0. The van der Waals surface area contributed by atoms with Crippen molar-refractivity contribution in [2.45, 2.75) is 0 Å². The lowest BCUT2D eigenvalue weighted by molar-refractivity contribution is 0.612. The lowest BCUT2D eigenvalue weighted by Gasteiger charge is -2.02. The van der Waals surface area contributed by atoms with Crippen molar-refractivity contribution in [1.82, 2.24) is 14.8 Å². The van der Waals surface area contributed by atoms with Crippen molar-refractivity contribution in [2.24, 2.45) is 0 Å². The quantitative estimate of drug-likeness (QED) is 0.771. The predicted molar refractivity (Wildman–Crippen MR) is 55.3 cm³/mol. The first kappa shape index (κ1) is 9.45. The molecule has 0 fully saturated rings. The van der Waals surface area contributed by atoms with Gasteiger partial charge in [-0.15, -0.1) is 5.10 Å². The molecule has 0 radical (unpaired) electrons. The number of nitrogens with two attached hydrogens (primary N) is 1. The van der Waals surface area contributed by atoms with Gasteiger partial charge >= 0.3 is 0 Å². The van der Waals surface area contributed by atoms with Gasteiger partial charge in [-0.1, -0.05) is 12.1 Å². The monoisotopic (exact) mass is 207 g/mol. The summed E-state index contributed by atoms with van der Waals surface area (Å²) < 4.78 is 14.7. The first-order chi connectivity index (χ1) is 7.22. The predicted octanol–water partition coefficient (Wildman–Crippen LogP) is 1.03. The van der Waals surface area contributed by atoms with E-state index in [1.54, 1.807) is 25.2 Å². The third-order valence-electron chi connectivity index (χ3n) is 1.94. The van der Waals surface area contributed by atoms with Crippen LogP contribution in [0.2, 0.25) is 0 Å². The molecule has 2 aromatic rings. The summed E-state index contributed by atoms with van der Waals surface area (Å²) in [6, 6.07) is 6.23. The average molecular weight is 207 g/mol. The van der Waals surface area contributed by atoms with Crippen LogP contribution < -0.4 is 11.1 Å². The molecular weight excluding hydrogens is 197 g/mol. The summed E-state index contributed by atoms with van der Waals surface area (Å²) >= 11 is 0. The van der Waals surface area contributed by atoms with Crippen molar-refractivity contribution in [2.75, 3.05) is 18.1 Å². The first-order valence-electron chi connectivity index (χ1n) is 4.37. The van der Waals surface area contributed by atoms with Crippen LogP contribution in [-0.2, 0) is 0 Å². The van der Waals surface area contributed by atoms with Crippen molar-refractivity contribution in [3.8, 4) is 5.69 Å². The summed E-state index contributed by atoms with van der Waals surface area (Å²) in [5.41, 5.74) is 5.88. The Morgan fingerprint density at radius 3 is 2.73 bits per heavy atom. The molecule has 0 saturated carbocycles. The van der Waals surface area contributed by atoms with E-state index < -0.39 is 5.82 Å². The number of rotatable bonds is 2. The highest BCUT2D eigenvalue weighted by atomic mass is 19.1. The largest absolute Gasteiger partial charge is 0.368 e. The van der Waals surface area contributed by atoms with E-state index in [0.717, 1.165) is 0 Å². The van der Waals surface area contributed by atoms with E-state index >= 15 is 0 Å². The van der Waals surface area contributed by atoms with Crippen LogP contribution in [0.15, 0.2) is 24.3 Å².